The van der Waals surface area contributed by atoms with Gasteiger partial charge < -0.3 is 5.32 Å². The topological polar surface area (TPSA) is 46.2 Å². The molecule has 0 atom stereocenters. The second-order valence-corrected chi connectivity index (χ2v) is 6.57. The van der Waals surface area contributed by atoms with Crippen molar-refractivity contribution in [1.29, 1.82) is 0 Å². The number of hydrogen-bond donors (Lipinski definition) is 1. The van der Waals surface area contributed by atoms with Gasteiger partial charge in [0.05, 0.1) is 0 Å². The van der Waals surface area contributed by atoms with Crippen LogP contribution in [0.15, 0.2) is 42.5 Å². The average Bonchev–Trinajstić information content (AvgIpc) is 2.55. The van der Waals surface area contributed by atoms with E-state index in [0.717, 1.165) is 16.8 Å². The van der Waals surface area contributed by atoms with Gasteiger partial charge in [-0.15, -0.1) is 0 Å². The van der Waals surface area contributed by atoms with Crippen molar-refractivity contribution in [2.24, 2.45) is 0 Å². The first-order valence-electron chi connectivity index (χ1n) is 8.37. The third kappa shape index (κ3) is 4.79. The van der Waals surface area contributed by atoms with Crippen molar-refractivity contribution in [2.75, 3.05) is 5.32 Å². The zero-order chi connectivity index (χ0) is 17.7. The van der Waals surface area contributed by atoms with Crippen LogP contribution >= 0.6 is 0 Å². The van der Waals surface area contributed by atoms with E-state index in [1.54, 1.807) is 0 Å². The lowest BCUT2D eigenvalue weighted by Crippen LogP contribution is -2.14. The van der Waals surface area contributed by atoms with E-state index >= 15 is 0 Å². The molecule has 0 aliphatic rings. The molecule has 3 heteroatoms. The lowest BCUT2D eigenvalue weighted by atomic mass is 9.99. The Labute approximate surface area is 144 Å². The number of carbonyl (C=O) groups excluding carboxylic acids is 2. The summed E-state index contributed by atoms with van der Waals surface area (Å²) in [6.07, 6.45) is 0.415. The van der Waals surface area contributed by atoms with Crippen molar-refractivity contribution in [3.8, 4) is 0 Å². The van der Waals surface area contributed by atoms with Gasteiger partial charge in [0.1, 0.15) is 0 Å². The number of Topliss-reactive ketones (excluding diaryl/α,β-unsaturated/α-hetero) is 1. The average molecular weight is 323 g/mol. The molecule has 0 saturated carbocycles. The molecule has 126 valence electrons. The lowest BCUT2D eigenvalue weighted by molar-refractivity contribution is -0.116. The van der Waals surface area contributed by atoms with Gasteiger partial charge in [-0.2, -0.15) is 0 Å². The molecule has 0 radical (unpaired) electrons. The van der Waals surface area contributed by atoms with Crippen LogP contribution in [0, 0.1) is 13.8 Å². The smallest absolute Gasteiger partial charge is 0.224 e. The first-order valence-corrected chi connectivity index (χ1v) is 8.37. The zero-order valence-corrected chi connectivity index (χ0v) is 14.8. The minimum absolute atomic E-state index is 0.0160. The highest BCUT2D eigenvalue weighted by Gasteiger charge is 2.12. The monoisotopic (exact) mass is 323 g/mol. The van der Waals surface area contributed by atoms with Gasteiger partial charge in [-0.1, -0.05) is 43.7 Å². The maximum absolute atomic E-state index is 12.3. The Morgan fingerprint density at radius 1 is 1.00 bits per heavy atom. The molecule has 0 fully saturated rings. The molecule has 2 aromatic carbocycles. The summed E-state index contributed by atoms with van der Waals surface area (Å²) in [5.74, 6) is 0.296. The van der Waals surface area contributed by atoms with Crippen molar-refractivity contribution in [3.05, 3.63) is 64.7 Å². The van der Waals surface area contributed by atoms with Crippen molar-refractivity contribution in [2.45, 2.75) is 46.5 Å². The maximum Gasteiger partial charge on any atom is 0.224 e. The molecule has 2 rings (SSSR count). The fourth-order valence-corrected chi connectivity index (χ4v) is 2.60. The summed E-state index contributed by atoms with van der Waals surface area (Å²) in [4.78, 5) is 24.5. The normalized spacial score (nSPS) is 10.7. The Balaban J connectivity index is 1.94. The third-order valence-electron chi connectivity index (χ3n) is 4.11. The molecule has 1 amide bonds. The van der Waals surface area contributed by atoms with Crippen molar-refractivity contribution >= 4 is 17.4 Å². The van der Waals surface area contributed by atoms with Crippen LogP contribution < -0.4 is 5.32 Å². The van der Waals surface area contributed by atoms with Crippen LogP contribution in [-0.2, 0) is 4.79 Å². The molecular formula is C21H25NO2. The van der Waals surface area contributed by atoms with Gasteiger partial charge in [-0.25, -0.2) is 0 Å². The SMILES string of the molecule is Cc1ccc(C)c(C(=O)CCC(=O)Nc2cccc(C(C)C)c2)c1. The van der Waals surface area contributed by atoms with E-state index in [2.05, 4.69) is 19.2 Å². The molecule has 2 aromatic rings. The van der Waals surface area contributed by atoms with Crippen molar-refractivity contribution in [1.82, 2.24) is 0 Å². The summed E-state index contributed by atoms with van der Waals surface area (Å²) >= 11 is 0. The predicted octanol–water partition coefficient (Wildman–Crippen LogP) is 5.03. The molecule has 0 aliphatic heterocycles. The van der Waals surface area contributed by atoms with Crippen LogP contribution in [0.5, 0.6) is 0 Å². The number of anilines is 1. The van der Waals surface area contributed by atoms with E-state index in [9.17, 15) is 9.59 Å². The predicted molar refractivity (Wildman–Crippen MR) is 98.6 cm³/mol. The molecule has 0 bridgehead atoms. The van der Waals surface area contributed by atoms with Crippen LogP contribution in [0.2, 0.25) is 0 Å². The number of ketones is 1. The summed E-state index contributed by atoms with van der Waals surface area (Å²) < 4.78 is 0. The Morgan fingerprint density at radius 3 is 2.46 bits per heavy atom. The van der Waals surface area contributed by atoms with Crippen LogP contribution in [0.25, 0.3) is 0 Å². The van der Waals surface area contributed by atoms with E-state index in [1.165, 1.54) is 5.56 Å². The Kier molecular flexibility index (Phi) is 5.91. The fourth-order valence-electron chi connectivity index (χ4n) is 2.60. The minimum atomic E-state index is -0.130. The van der Waals surface area contributed by atoms with Crippen LogP contribution in [-0.4, -0.2) is 11.7 Å². The number of amides is 1. The van der Waals surface area contributed by atoms with Crippen LogP contribution in [0.4, 0.5) is 5.69 Å². The van der Waals surface area contributed by atoms with Gasteiger partial charge in [-0.05, 0) is 49.1 Å². The molecule has 0 heterocycles. The van der Waals surface area contributed by atoms with Crippen LogP contribution in [0.3, 0.4) is 0 Å². The van der Waals surface area contributed by atoms with Gasteiger partial charge in [0, 0.05) is 24.1 Å². The maximum atomic E-state index is 12.3. The Hall–Kier alpha value is -2.42. The molecule has 1 N–H and O–H groups in total. The highest BCUT2D eigenvalue weighted by Crippen LogP contribution is 2.19. The molecule has 3 nitrogen and oxygen atoms in total. The molecule has 0 saturated heterocycles. The van der Waals surface area contributed by atoms with Crippen molar-refractivity contribution in [3.63, 3.8) is 0 Å². The number of aryl methyl sites for hydroxylation is 2. The number of nitrogens with one attached hydrogen (secondary N) is 1. The van der Waals surface area contributed by atoms with E-state index in [4.69, 9.17) is 0 Å². The quantitative estimate of drug-likeness (QED) is 0.758. The second kappa shape index (κ2) is 7.91. The Bertz CT molecular complexity index is 747. The molecule has 0 aromatic heterocycles. The molecule has 0 spiro atoms. The van der Waals surface area contributed by atoms with E-state index in [1.807, 2.05) is 56.3 Å². The number of hydrogen-bond acceptors (Lipinski definition) is 2. The standard InChI is InChI=1S/C21H25NO2/c1-14(2)17-6-5-7-18(13-17)22-21(24)11-10-20(23)19-12-15(3)8-9-16(19)4/h5-9,12-14H,10-11H2,1-4H3,(H,22,24). The fraction of sp³-hybridized carbons (Fsp3) is 0.333. The summed E-state index contributed by atoms with van der Waals surface area (Å²) in [5, 5.41) is 2.88. The van der Waals surface area contributed by atoms with Crippen LogP contribution in [0.1, 0.15) is 59.7 Å². The lowest BCUT2D eigenvalue weighted by Gasteiger charge is -2.10. The number of rotatable bonds is 6. The summed E-state index contributed by atoms with van der Waals surface area (Å²) in [6, 6.07) is 13.7. The molecule has 0 unspecified atom stereocenters. The van der Waals surface area contributed by atoms with Gasteiger partial charge in [-0.3, -0.25) is 9.59 Å². The highest BCUT2D eigenvalue weighted by molar-refractivity contribution is 6.01. The summed E-state index contributed by atoms with van der Waals surface area (Å²) in [7, 11) is 0. The third-order valence-corrected chi connectivity index (χ3v) is 4.11. The number of benzene rings is 2. The van der Waals surface area contributed by atoms with E-state index in [-0.39, 0.29) is 24.5 Å². The largest absolute Gasteiger partial charge is 0.326 e. The summed E-state index contributed by atoms with van der Waals surface area (Å²) in [5.41, 5.74) is 4.68. The molecular weight excluding hydrogens is 298 g/mol. The minimum Gasteiger partial charge on any atom is -0.326 e. The second-order valence-electron chi connectivity index (χ2n) is 6.57. The van der Waals surface area contributed by atoms with Gasteiger partial charge in [0.15, 0.2) is 5.78 Å². The summed E-state index contributed by atoms with van der Waals surface area (Å²) in [6.45, 7) is 8.11. The van der Waals surface area contributed by atoms with Gasteiger partial charge >= 0.3 is 0 Å². The Morgan fingerprint density at radius 2 is 1.75 bits per heavy atom. The molecule has 24 heavy (non-hydrogen) atoms. The van der Waals surface area contributed by atoms with Gasteiger partial charge in [0.2, 0.25) is 5.91 Å². The van der Waals surface area contributed by atoms with Crippen molar-refractivity contribution < 1.29 is 9.59 Å². The van der Waals surface area contributed by atoms with E-state index in [0.29, 0.717) is 11.5 Å². The van der Waals surface area contributed by atoms with E-state index < -0.39 is 0 Å². The zero-order valence-electron chi connectivity index (χ0n) is 14.8. The molecule has 0 aliphatic carbocycles. The number of carbonyl (C=O) groups is 2. The first-order chi connectivity index (χ1) is 11.4. The first kappa shape index (κ1) is 17.9. The highest BCUT2D eigenvalue weighted by atomic mass is 16.2. The van der Waals surface area contributed by atoms with Gasteiger partial charge in [0.25, 0.3) is 0 Å².